The number of hydrogen-bond donors (Lipinski definition) is 0. The van der Waals surface area contributed by atoms with E-state index in [2.05, 4.69) is 34.6 Å². The van der Waals surface area contributed by atoms with Crippen molar-refractivity contribution in [3.8, 4) is 0 Å². The molecule has 0 amide bonds. The van der Waals surface area contributed by atoms with Crippen LogP contribution in [0.4, 0.5) is 0 Å². The maximum absolute atomic E-state index is 12.2. The molecule has 1 aliphatic carbocycles. The van der Waals surface area contributed by atoms with Gasteiger partial charge < -0.3 is 4.74 Å². The zero-order chi connectivity index (χ0) is 13.1. The Labute approximate surface area is 106 Å². The summed E-state index contributed by atoms with van der Waals surface area (Å²) < 4.78 is 5.75. The van der Waals surface area contributed by atoms with Crippen molar-refractivity contribution < 1.29 is 9.53 Å². The van der Waals surface area contributed by atoms with Gasteiger partial charge in [-0.3, -0.25) is 4.79 Å². The molecular weight excluding hydrogens is 212 g/mol. The van der Waals surface area contributed by atoms with Gasteiger partial charge in [-0.05, 0) is 36.5 Å². The molecule has 0 spiro atoms. The number of ketones is 1. The number of ether oxygens (including phenoxy) is 1. The minimum atomic E-state index is -0.149. The Hall–Kier alpha value is -0.370. The Kier molecular flexibility index (Phi) is 5.18. The van der Waals surface area contributed by atoms with E-state index in [1.807, 2.05) is 0 Å². The van der Waals surface area contributed by atoms with Gasteiger partial charge in [0.05, 0.1) is 0 Å². The molecule has 2 heteroatoms. The monoisotopic (exact) mass is 240 g/mol. The van der Waals surface area contributed by atoms with E-state index < -0.39 is 0 Å². The molecule has 0 bridgehead atoms. The van der Waals surface area contributed by atoms with Gasteiger partial charge in [0.2, 0.25) is 0 Å². The largest absolute Gasteiger partial charge is 0.370 e. The topological polar surface area (TPSA) is 26.3 Å². The molecule has 0 radical (unpaired) electrons. The van der Waals surface area contributed by atoms with Gasteiger partial charge in [0.1, 0.15) is 6.10 Å². The Morgan fingerprint density at radius 1 is 1.41 bits per heavy atom. The molecule has 0 aromatic carbocycles. The van der Waals surface area contributed by atoms with E-state index in [-0.39, 0.29) is 11.5 Å². The van der Waals surface area contributed by atoms with E-state index in [9.17, 15) is 4.79 Å². The first-order valence-electron chi connectivity index (χ1n) is 6.98. The quantitative estimate of drug-likeness (QED) is 0.676. The summed E-state index contributed by atoms with van der Waals surface area (Å²) >= 11 is 0. The number of Topliss-reactive ketones (excluding diaryl/α,β-unsaturated/α-hetero) is 1. The van der Waals surface area contributed by atoms with Gasteiger partial charge in [-0.25, -0.2) is 0 Å². The third kappa shape index (κ3) is 5.67. The first kappa shape index (κ1) is 14.7. The summed E-state index contributed by atoms with van der Waals surface area (Å²) in [6, 6.07) is 0. The summed E-state index contributed by atoms with van der Waals surface area (Å²) in [6.07, 6.45) is 3.68. The Bertz CT molecular complexity index is 252. The molecule has 17 heavy (non-hydrogen) atoms. The molecule has 0 saturated heterocycles. The van der Waals surface area contributed by atoms with Crippen molar-refractivity contribution in [1.29, 1.82) is 0 Å². The van der Waals surface area contributed by atoms with Crippen molar-refractivity contribution in [3.05, 3.63) is 0 Å². The number of rotatable bonds is 7. The second-order valence-corrected chi connectivity index (χ2v) is 6.77. The standard InChI is InChI=1S/C15H28O2/c1-6-7-17-14(9-12-8-11(12)2)13(16)10-15(3,4)5/h11-12,14H,6-10H2,1-5H3. The van der Waals surface area contributed by atoms with E-state index in [0.717, 1.165) is 24.7 Å². The highest BCUT2D eigenvalue weighted by atomic mass is 16.5. The summed E-state index contributed by atoms with van der Waals surface area (Å²) in [6.45, 7) is 11.4. The number of carbonyl (C=O) groups excluding carboxylic acids is 1. The Morgan fingerprint density at radius 2 is 2.00 bits per heavy atom. The second kappa shape index (κ2) is 5.99. The maximum Gasteiger partial charge on any atom is 0.162 e. The van der Waals surface area contributed by atoms with Gasteiger partial charge in [0, 0.05) is 13.0 Å². The van der Waals surface area contributed by atoms with E-state index >= 15 is 0 Å². The number of hydrogen-bond acceptors (Lipinski definition) is 2. The molecule has 1 aliphatic rings. The molecule has 3 unspecified atom stereocenters. The zero-order valence-electron chi connectivity index (χ0n) is 12.1. The van der Waals surface area contributed by atoms with Crippen LogP contribution in [0.3, 0.4) is 0 Å². The first-order chi connectivity index (χ1) is 7.83. The fourth-order valence-corrected chi connectivity index (χ4v) is 2.19. The summed E-state index contributed by atoms with van der Waals surface area (Å²) in [5, 5.41) is 0. The van der Waals surface area contributed by atoms with Gasteiger partial charge in [-0.15, -0.1) is 0 Å². The van der Waals surface area contributed by atoms with Crippen LogP contribution in [-0.2, 0) is 9.53 Å². The van der Waals surface area contributed by atoms with Gasteiger partial charge in [-0.1, -0.05) is 34.6 Å². The third-order valence-electron chi connectivity index (χ3n) is 3.38. The van der Waals surface area contributed by atoms with Crippen molar-refractivity contribution in [1.82, 2.24) is 0 Å². The van der Waals surface area contributed by atoms with E-state index in [1.54, 1.807) is 0 Å². The highest BCUT2D eigenvalue weighted by molar-refractivity contribution is 5.83. The van der Waals surface area contributed by atoms with E-state index in [1.165, 1.54) is 6.42 Å². The minimum absolute atomic E-state index is 0.0695. The van der Waals surface area contributed by atoms with Crippen LogP contribution in [0.15, 0.2) is 0 Å². The Morgan fingerprint density at radius 3 is 2.41 bits per heavy atom. The van der Waals surface area contributed by atoms with Crippen molar-refractivity contribution in [2.24, 2.45) is 17.3 Å². The van der Waals surface area contributed by atoms with Crippen molar-refractivity contribution >= 4 is 5.78 Å². The smallest absolute Gasteiger partial charge is 0.162 e. The van der Waals surface area contributed by atoms with Crippen LogP contribution in [0.2, 0.25) is 0 Å². The highest BCUT2D eigenvalue weighted by Crippen LogP contribution is 2.42. The van der Waals surface area contributed by atoms with E-state index in [4.69, 9.17) is 4.74 Å². The molecule has 1 rings (SSSR count). The van der Waals surface area contributed by atoms with Gasteiger partial charge in [-0.2, -0.15) is 0 Å². The van der Waals surface area contributed by atoms with Crippen LogP contribution >= 0.6 is 0 Å². The highest BCUT2D eigenvalue weighted by Gasteiger charge is 2.37. The fraction of sp³-hybridized carbons (Fsp3) is 0.933. The molecule has 2 nitrogen and oxygen atoms in total. The molecule has 0 heterocycles. The molecule has 0 aliphatic heterocycles. The molecule has 3 atom stereocenters. The fourth-order valence-electron chi connectivity index (χ4n) is 2.19. The minimum Gasteiger partial charge on any atom is -0.370 e. The van der Waals surface area contributed by atoms with Crippen molar-refractivity contribution in [3.63, 3.8) is 0 Å². The lowest BCUT2D eigenvalue weighted by molar-refractivity contribution is -0.133. The molecule has 1 fully saturated rings. The van der Waals surface area contributed by atoms with Gasteiger partial charge in [0.25, 0.3) is 0 Å². The second-order valence-electron chi connectivity index (χ2n) is 6.77. The molecule has 0 N–H and O–H groups in total. The lowest BCUT2D eigenvalue weighted by Crippen LogP contribution is -2.29. The van der Waals surface area contributed by atoms with Crippen LogP contribution in [0.5, 0.6) is 0 Å². The lowest BCUT2D eigenvalue weighted by Gasteiger charge is -2.22. The third-order valence-corrected chi connectivity index (χ3v) is 3.38. The first-order valence-corrected chi connectivity index (χ1v) is 6.98. The normalized spacial score (nSPS) is 25.7. The average Bonchev–Trinajstić information content (AvgIpc) is 2.86. The molecule has 100 valence electrons. The predicted octanol–water partition coefficient (Wildman–Crippen LogP) is 3.83. The summed E-state index contributed by atoms with van der Waals surface area (Å²) in [7, 11) is 0. The van der Waals surface area contributed by atoms with Gasteiger partial charge in [0.15, 0.2) is 5.78 Å². The van der Waals surface area contributed by atoms with Gasteiger partial charge >= 0.3 is 0 Å². The van der Waals surface area contributed by atoms with Crippen molar-refractivity contribution in [2.45, 2.75) is 66.4 Å². The molecule has 0 aromatic rings. The summed E-state index contributed by atoms with van der Waals surface area (Å²) in [5.74, 6) is 1.82. The molecular formula is C15H28O2. The Balaban J connectivity index is 2.46. The molecule has 0 aromatic heterocycles. The van der Waals surface area contributed by atoms with Crippen LogP contribution in [0.1, 0.15) is 60.3 Å². The van der Waals surface area contributed by atoms with E-state index in [0.29, 0.717) is 18.8 Å². The van der Waals surface area contributed by atoms with Crippen LogP contribution < -0.4 is 0 Å². The van der Waals surface area contributed by atoms with Crippen LogP contribution in [0, 0.1) is 17.3 Å². The van der Waals surface area contributed by atoms with Crippen molar-refractivity contribution in [2.75, 3.05) is 6.61 Å². The summed E-state index contributed by atoms with van der Waals surface area (Å²) in [4.78, 5) is 12.2. The molecule has 1 saturated carbocycles. The SMILES string of the molecule is CCCOC(CC1CC1C)C(=O)CC(C)(C)C. The average molecular weight is 240 g/mol. The summed E-state index contributed by atoms with van der Waals surface area (Å²) in [5.41, 5.74) is 0.0695. The van der Waals surface area contributed by atoms with Crippen LogP contribution in [-0.4, -0.2) is 18.5 Å². The zero-order valence-corrected chi connectivity index (χ0v) is 12.1. The van der Waals surface area contributed by atoms with Crippen LogP contribution in [0.25, 0.3) is 0 Å². The predicted molar refractivity (Wildman–Crippen MR) is 71.0 cm³/mol. The number of carbonyl (C=O) groups is 1. The maximum atomic E-state index is 12.2. The lowest BCUT2D eigenvalue weighted by atomic mass is 9.87.